The molecule has 1 atom stereocenters. The number of imidazole rings is 1. The van der Waals surface area contributed by atoms with Crippen molar-refractivity contribution in [1.82, 2.24) is 14.3 Å². The Labute approximate surface area is 99.8 Å². The number of rotatable bonds is 5. The molecule has 0 aliphatic rings. The summed E-state index contributed by atoms with van der Waals surface area (Å²) in [7, 11) is -2.59. The fraction of sp³-hybridized carbons (Fsp3) is 0.556. The average Bonchev–Trinajstić information content (AvgIpc) is 2.76. The molecular formula is C9H15N3O4S. The highest BCUT2D eigenvalue weighted by Crippen LogP contribution is 2.06. The average molecular weight is 261 g/mol. The van der Waals surface area contributed by atoms with Crippen molar-refractivity contribution in [3.05, 3.63) is 12.5 Å². The summed E-state index contributed by atoms with van der Waals surface area (Å²) in [6.07, 6.45) is 2.81. The first-order valence-electron chi connectivity index (χ1n) is 5.02. The predicted octanol–water partition coefficient (Wildman–Crippen LogP) is -0.257. The predicted molar refractivity (Wildman–Crippen MR) is 59.7 cm³/mol. The van der Waals surface area contributed by atoms with Gasteiger partial charge >= 0.3 is 5.97 Å². The zero-order valence-electron chi connectivity index (χ0n) is 9.87. The number of sulfonamides is 1. The summed E-state index contributed by atoms with van der Waals surface area (Å²) in [4.78, 5) is 14.9. The van der Waals surface area contributed by atoms with Gasteiger partial charge in [0.05, 0.1) is 13.4 Å². The van der Waals surface area contributed by atoms with Gasteiger partial charge in [-0.05, 0) is 13.8 Å². The van der Waals surface area contributed by atoms with Gasteiger partial charge in [-0.25, -0.2) is 13.4 Å². The maximum Gasteiger partial charge on any atom is 0.323 e. The third kappa shape index (κ3) is 3.27. The van der Waals surface area contributed by atoms with Crippen LogP contribution in [0.4, 0.5) is 0 Å². The highest BCUT2D eigenvalue weighted by Gasteiger charge is 2.24. The van der Waals surface area contributed by atoms with E-state index < -0.39 is 22.0 Å². The first kappa shape index (κ1) is 13.7. The summed E-state index contributed by atoms with van der Waals surface area (Å²) in [5.74, 6) is -0.650. The molecule has 1 aromatic rings. The SMILES string of the molecule is CCn1cnc(S(=O)(=O)NC(C)C(=O)OC)c1. The lowest BCUT2D eigenvalue weighted by Gasteiger charge is -2.10. The lowest BCUT2D eigenvalue weighted by molar-refractivity contribution is -0.142. The minimum atomic E-state index is -3.79. The number of carbonyl (C=O) groups is 1. The third-order valence-electron chi connectivity index (χ3n) is 2.14. The second-order valence-electron chi connectivity index (χ2n) is 3.41. The smallest absolute Gasteiger partial charge is 0.323 e. The molecule has 8 heteroatoms. The molecule has 96 valence electrons. The van der Waals surface area contributed by atoms with Crippen LogP contribution in [0.15, 0.2) is 17.6 Å². The van der Waals surface area contributed by atoms with Gasteiger partial charge in [0, 0.05) is 12.7 Å². The number of hydrogen-bond donors (Lipinski definition) is 1. The molecule has 0 saturated heterocycles. The van der Waals surface area contributed by atoms with Crippen molar-refractivity contribution in [2.75, 3.05) is 7.11 Å². The number of aromatic nitrogens is 2. The normalized spacial score (nSPS) is 13.4. The highest BCUT2D eigenvalue weighted by molar-refractivity contribution is 7.89. The number of carbonyl (C=O) groups excluding carboxylic acids is 1. The van der Waals surface area contributed by atoms with Gasteiger partial charge in [-0.3, -0.25) is 4.79 Å². The van der Waals surface area contributed by atoms with E-state index in [-0.39, 0.29) is 5.03 Å². The Kier molecular flexibility index (Phi) is 4.24. The fourth-order valence-corrected chi connectivity index (χ4v) is 2.31. The first-order valence-corrected chi connectivity index (χ1v) is 6.51. The molecule has 0 radical (unpaired) electrons. The molecule has 1 unspecified atom stereocenters. The van der Waals surface area contributed by atoms with Gasteiger partial charge in [0.15, 0.2) is 5.03 Å². The molecule has 0 aliphatic heterocycles. The zero-order chi connectivity index (χ0) is 13.1. The number of ether oxygens (including phenoxy) is 1. The molecule has 1 heterocycles. The molecule has 0 aliphatic carbocycles. The topological polar surface area (TPSA) is 90.3 Å². The minimum absolute atomic E-state index is 0.116. The molecule has 1 rings (SSSR count). The van der Waals surface area contributed by atoms with Crippen LogP contribution in [0.25, 0.3) is 0 Å². The van der Waals surface area contributed by atoms with Crippen LogP contribution in [0, 0.1) is 0 Å². The van der Waals surface area contributed by atoms with Gasteiger partial charge in [0.1, 0.15) is 6.04 Å². The zero-order valence-corrected chi connectivity index (χ0v) is 10.7. The third-order valence-corrected chi connectivity index (χ3v) is 3.56. The van der Waals surface area contributed by atoms with Crippen LogP contribution in [-0.2, 0) is 26.1 Å². The summed E-state index contributed by atoms with van der Waals surface area (Å²) in [6, 6.07) is -0.947. The Morgan fingerprint density at radius 1 is 1.65 bits per heavy atom. The minimum Gasteiger partial charge on any atom is -0.468 e. The molecule has 0 bridgehead atoms. The highest BCUT2D eigenvalue weighted by atomic mass is 32.2. The van der Waals surface area contributed by atoms with E-state index in [9.17, 15) is 13.2 Å². The lowest BCUT2D eigenvalue weighted by Crippen LogP contribution is -2.39. The number of nitrogens with zero attached hydrogens (tertiary/aromatic N) is 2. The van der Waals surface area contributed by atoms with E-state index in [1.807, 2.05) is 6.92 Å². The Bertz CT molecular complexity index is 494. The summed E-state index contributed by atoms with van der Waals surface area (Å²) in [6.45, 7) is 3.89. The van der Waals surface area contributed by atoms with E-state index in [0.717, 1.165) is 0 Å². The Morgan fingerprint density at radius 3 is 2.76 bits per heavy atom. The number of aryl methyl sites for hydroxylation is 1. The molecule has 0 saturated carbocycles. The molecule has 1 N–H and O–H groups in total. The largest absolute Gasteiger partial charge is 0.468 e. The van der Waals surface area contributed by atoms with E-state index in [0.29, 0.717) is 6.54 Å². The van der Waals surface area contributed by atoms with Gasteiger partial charge in [-0.1, -0.05) is 0 Å². The van der Waals surface area contributed by atoms with Gasteiger partial charge in [-0.2, -0.15) is 4.72 Å². The van der Waals surface area contributed by atoms with E-state index in [4.69, 9.17) is 0 Å². The Hall–Kier alpha value is -1.41. The molecule has 0 fully saturated rings. The van der Waals surface area contributed by atoms with Crippen molar-refractivity contribution in [2.45, 2.75) is 31.5 Å². The number of nitrogens with one attached hydrogen (secondary N) is 1. The summed E-state index contributed by atoms with van der Waals surface area (Å²) >= 11 is 0. The number of methoxy groups -OCH3 is 1. The van der Waals surface area contributed by atoms with Crippen molar-refractivity contribution in [3.63, 3.8) is 0 Å². The van der Waals surface area contributed by atoms with Crippen molar-refractivity contribution in [1.29, 1.82) is 0 Å². The van der Waals surface area contributed by atoms with Crippen molar-refractivity contribution >= 4 is 16.0 Å². The van der Waals surface area contributed by atoms with Crippen LogP contribution in [0.3, 0.4) is 0 Å². The molecule has 0 amide bonds. The Morgan fingerprint density at radius 2 is 2.29 bits per heavy atom. The summed E-state index contributed by atoms with van der Waals surface area (Å²) in [5, 5.41) is -0.116. The lowest BCUT2D eigenvalue weighted by atomic mass is 10.4. The van der Waals surface area contributed by atoms with Crippen LogP contribution in [0.5, 0.6) is 0 Å². The van der Waals surface area contributed by atoms with E-state index in [1.165, 1.54) is 26.6 Å². The molecule has 17 heavy (non-hydrogen) atoms. The fourth-order valence-electron chi connectivity index (χ4n) is 1.17. The quantitative estimate of drug-likeness (QED) is 0.738. The van der Waals surface area contributed by atoms with Crippen LogP contribution >= 0.6 is 0 Å². The maximum atomic E-state index is 11.8. The second kappa shape index (κ2) is 5.28. The van der Waals surface area contributed by atoms with Gasteiger partial charge < -0.3 is 9.30 Å². The summed E-state index contributed by atoms with van der Waals surface area (Å²) < 4.78 is 31.8. The second-order valence-corrected chi connectivity index (χ2v) is 5.07. The van der Waals surface area contributed by atoms with Gasteiger partial charge in [0.2, 0.25) is 0 Å². The molecule has 0 aromatic carbocycles. The monoisotopic (exact) mass is 261 g/mol. The standard InChI is InChI=1S/C9H15N3O4S/c1-4-12-5-8(10-6-12)17(14,15)11-7(2)9(13)16-3/h5-7,11H,4H2,1-3H3. The van der Waals surface area contributed by atoms with Crippen molar-refractivity contribution in [2.24, 2.45) is 0 Å². The van der Waals surface area contributed by atoms with Crippen LogP contribution in [0.1, 0.15) is 13.8 Å². The number of esters is 1. The Balaban J connectivity index is 2.85. The van der Waals surface area contributed by atoms with E-state index in [2.05, 4.69) is 14.4 Å². The van der Waals surface area contributed by atoms with E-state index >= 15 is 0 Å². The summed E-state index contributed by atoms with van der Waals surface area (Å²) in [5.41, 5.74) is 0. The maximum absolute atomic E-state index is 11.8. The van der Waals surface area contributed by atoms with E-state index in [1.54, 1.807) is 4.57 Å². The molecule has 1 aromatic heterocycles. The van der Waals surface area contributed by atoms with Crippen molar-refractivity contribution in [3.8, 4) is 0 Å². The van der Waals surface area contributed by atoms with Crippen molar-refractivity contribution < 1.29 is 17.9 Å². The molecule has 7 nitrogen and oxygen atoms in total. The molecular weight excluding hydrogens is 246 g/mol. The van der Waals surface area contributed by atoms with Gasteiger partial charge in [0.25, 0.3) is 10.0 Å². The van der Waals surface area contributed by atoms with Crippen LogP contribution in [0.2, 0.25) is 0 Å². The van der Waals surface area contributed by atoms with Gasteiger partial charge in [-0.15, -0.1) is 0 Å². The van der Waals surface area contributed by atoms with Crippen LogP contribution < -0.4 is 4.72 Å². The van der Waals surface area contributed by atoms with Crippen LogP contribution in [-0.4, -0.2) is 37.1 Å². The molecule has 0 spiro atoms. The first-order chi connectivity index (χ1) is 7.90. The number of hydrogen-bond acceptors (Lipinski definition) is 5.